The largest absolute Gasteiger partial charge is 0.306 e. The van der Waals surface area contributed by atoms with Crippen molar-refractivity contribution in [2.75, 3.05) is 5.75 Å². The minimum atomic E-state index is -3.76. The molecule has 0 N–H and O–H groups in total. The van der Waals surface area contributed by atoms with Crippen LogP contribution in [0.25, 0.3) is 0 Å². The Balaban J connectivity index is 2.03. The van der Waals surface area contributed by atoms with Gasteiger partial charge in [0, 0.05) is 15.9 Å². The first-order valence-corrected chi connectivity index (χ1v) is 11.1. The third-order valence-electron chi connectivity index (χ3n) is 3.96. The summed E-state index contributed by atoms with van der Waals surface area (Å²) in [6.45, 7) is 2.09. The molecule has 0 bridgehead atoms. The van der Waals surface area contributed by atoms with E-state index in [2.05, 4.69) is 6.92 Å². The minimum Gasteiger partial charge on any atom is -0.212 e. The van der Waals surface area contributed by atoms with Crippen LogP contribution >= 0.6 is 10.3 Å². The zero-order valence-corrected chi connectivity index (χ0v) is 14.9. The Bertz CT molecular complexity index is 740. The van der Waals surface area contributed by atoms with Gasteiger partial charge in [0.05, 0.1) is 4.90 Å². The highest BCUT2D eigenvalue weighted by atomic mass is 32.3. The van der Waals surface area contributed by atoms with E-state index in [1.165, 1.54) is 0 Å². The Morgan fingerprint density at radius 2 is 1.43 bits per heavy atom. The molecule has 3 rings (SSSR count). The van der Waals surface area contributed by atoms with Gasteiger partial charge in [-0.05, 0) is 43.5 Å². The van der Waals surface area contributed by atoms with Crippen molar-refractivity contribution in [3.63, 3.8) is 0 Å². The third kappa shape index (κ3) is 3.47. The highest BCUT2D eigenvalue weighted by Crippen LogP contribution is 2.69. The van der Waals surface area contributed by atoms with Gasteiger partial charge >= 0.3 is 10.1 Å². The highest BCUT2D eigenvalue weighted by molar-refractivity contribution is 8.33. The zero-order valence-electron chi connectivity index (χ0n) is 13.2. The van der Waals surface area contributed by atoms with Gasteiger partial charge in [-0.3, -0.25) is 0 Å². The SMILES string of the molecule is CCCS(OS(=O)(=O)c1ccccc1)(c1ccccc1)C1CC1. The number of rotatable bonds is 7. The third-order valence-corrected chi connectivity index (χ3v) is 10.1. The maximum atomic E-state index is 12.8. The lowest BCUT2D eigenvalue weighted by Crippen LogP contribution is -2.19. The molecule has 23 heavy (non-hydrogen) atoms. The van der Waals surface area contributed by atoms with Crippen LogP contribution < -0.4 is 0 Å². The van der Waals surface area contributed by atoms with E-state index in [4.69, 9.17) is 3.63 Å². The van der Waals surface area contributed by atoms with Crippen LogP contribution in [0, 0.1) is 0 Å². The molecule has 0 radical (unpaired) electrons. The van der Waals surface area contributed by atoms with Crippen molar-refractivity contribution in [3.8, 4) is 0 Å². The Hall–Kier alpha value is -1.30. The lowest BCUT2D eigenvalue weighted by molar-refractivity contribution is 0.507. The Labute approximate surface area is 140 Å². The fourth-order valence-electron chi connectivity index (χ4n) is 2.79. The number of benzene rings is 2. The summed E-state index contributed by atoms with van der Waals surface area (Å²) in [5.41, 5.74) is 0. The van der Waals surface area contributed by atoms with Crippen molar-refractivity contribution < 1.29 is 12.0 Å². The van der Waals surface area contributed by atoms with Gasteiger partial charge in [-0.15, -0.1) is 0 Å². The van der Waals surface area contributed by atoms with Crippen LogP contribution in [0.1, 0.15) is 26.2 Å². The smallest absolute Gasteiger partial charge is 0.212 e. The van der Waals surface area contributed by atoms with Gasteiger partial charge in [-0.2, -0.15) is 8.42 Å². The molecule has 1 aliphatic rings. The van der Waals surface area contributed by atoms with Gasteiger partial charge < -0.3 is 0 Å². The average Bonchev–Trinajstić information content (AvgIpc) is 3.41. The Kier molecular flexibility index (Phi) is 4.80. The van der Waals surface area contributed by atoms with Crippen LogP contribution in [-0.2, 0) is 13.7 Å². The Morgan fingerprint density at radius 3 is 1.91 bits per heavy atom. The molecule has 0 spiro atoms. The molecule has 0 aliphatic heterocycles. The van der Waals surface area contributed by atoms with E-state index in [1.807, 2.05) is 36.4 Å². The van der Waals surface area contributed by atoms with Crippen molar-refractivity contribution in [1.29, 1.82) is 0 Å². The van der Waals surface area contributed by atoms with Crippen LogP contribution in [0.3, 0.4) is 0 Å². The van der Waals surface area contributed by atoms with Crippen LogP contribution in [0.2, 0.25) is 0 Å². The summed E-state index contributed by atoms with van der Waals surface area (Å²) in [5.74, 6) is 0.785. The summed E-state index contributed by atoms with van der Waals surface area (Å²) in [7, 11) is -5.58. The van der Waals surface area contributed by atoms with Crippen molar-refractivity contribution in [3.05, 3.63) is 60.7 Å². The van der Waals surface area contributed by atoms with Crippen LogP contribution in [-0.4, -0.2) is 19.4 Å². The normalized spacial score (nSPS) is 19.0. The predicted molar refractivity (Wildman–Crippen MR) is 95.2 cm³/mol. The molecule has 0 amide bonds. The molecule has 1 atom stereocenters. The standard InChI is InChI=1S/C18H22O3S2/c1-2-15-22(17-13-14-17,16-9-5-3-6-10-16)21-23(19,20)18-11-7-4-8-12-18/h3-12,17H,2,13-15H2,1H3. The number of hydrogen-bond donors (Lipinski definition) is 0. The van der Waals surface area contributed by atoms with E-state index in [0.717, 1.165) is 29.9 Å². The van der Waals surface area contributed by atoms with Gasteiger partial charge in [0.15, 0.2) is 0 Å². The molecule has 2 aromatic rings. The molecule has 124 valence electrons. The first-order valence-electron chi connectivity index (χ1n) is 7.94. The molecule has 1 unspecified atom stereocenters. The Morgan fingerprint density at radius 1 is 0.913 bits per heavy atom. The first kappa shape index (κ1) is 16.6. The maximum absolute atomic E-state index is 12.8. The van der Waals surface area contributed by atoms with E-state index >= 15 is 0 Å². The van der Waals surface area contributed by atoms with E-state index in [-0.39, 0.29) is 4.90 Å². The quantitative estimate of drug-likeness (QED) is 0.724. The minimum absolute atomic E-state index is 0.240. The monoisotopic (exact) mass is 350 g/mol. The molecule has 0 saturated heterocycles. The summed E-state index contributed by atoms with van der Waals surface area (Å²) < 4.78 is 31.7. The van der Waals surface area contributed by atoms with Crippen LogP contribution in [0.15, 0.2) is 70.5 Å². The fourth-order valence-corrected chi connectivity index (χ4v) is 8.99. The van der Waals surface area contributed by atoms with Gasteiger partial charge in [0.25, 0.3) is 0 Å². The molecule has 3 nitrogen and oxygen atoms in total. The van der Waals surface area contributed by atoms with E-state index in [0.29, 0.717) is 5.25 Å². The summed E-state index contributed by atoms with van der Waals surface area (Å²) in [4.78, 5) is 1.29. The van der Waals surface area contributed by atoms with Gasteiger partial charge in [0.2, 0.25) is 0 Å². The maximum Gasteiger partial charge on any atom is 0.306 e. The van der Waals surface area contributed by atoms with Crippen molar-refractivity contribution in [2.45, 2.75) is 41.2 Å². The van der Waals surface area contributed by atoms with Crippen LogP contribution in [0.5, 0.6) is 0 Å². The molecular weight excluding hydrogens is 328 g/mol. The molecule has 5 heteroatoms. The topological polar surface area (TPSA) is 43.4 Å². The predicted octanol–water partition coefficient (Wildman–Crippen LogP) is 4.74. The van der Waals surface area contributed by atoms with Crippen molar-refractivity contribution in [2.24, 2.45) is 0 Å². The first-order chi connectivity index (χ1) is 11.1. The molecule has 0 aromatic heterocycles. The van der Waals surface area contributed by atoms with Gasteiger partial charge in [-0.1, -0.05) is 53.6 Å². The fraction of sp³-hybridized carbons (Fsp3) is 0.333. The lowest BCUT2D eigenvalue weighted by atomic mass is 10.4. The molecule has 0 heterocycles. The molecule has 2 aromatic carbocycles. The molecular formula is C18H22O3S2. The summed E-state index contributed by atoms with van der Waals surface area (Å²) in [5, 5.41) is 0.350. The lowest BCUT2D eigenvalue weighted by Gasteiger charge is -2.39. The van der Waals surface area contributed by atoms with E-state index < -0.39 is 20.4 Å². The van der Waals surface area contributed by atoms with E-state index in [1.54, 1.807) is 24.3 Å². The second-order valence-corrected chi connectivity index (χ2v) is 10.7. The van der Waals surface area contributed by atoms with Crippen molar-refractivity contribution >= 4 is 20.4 Å². The average molecular weight is 351 g/mol. The zero-order chi connectivity index (χ0) is 16.3. The second-order valence-electron chi connectivity index (χ2n) is 5.78. The molecule has 1 fully saturated rings. The van der Waals surface area contributed by atoms with Gasteiger partial charge in [-0.25, -0.2) is 3.63 Å². The number of hydrogen-bond acceptors (Lipinski definition) is 3. The summed E-state index contributed by atoms with van der Waals surface area (Å²) in [6, 6.07) is 18.4. The van der Waals surface area contributed by atoms with E-state index in [9.17, 15) is 8.42 Å². The molecule has 1 aliphatic carbocycles. The van der Waals surface area contributed by atoms with Crippen LogP contribution in [0.4, 0.5) is 0 Å². The van der Waals surface area contributed by atoms with Gasteiger partial charge in [0.1, 0.15) is 0 Å². The second kappa shape index (κ2) is 6.67. The molecule has 1 saturated carbocycles. The summed E-state index contributed by atoms with van der Waals surface area (Å²) >= 11 is 0. The summed E-state index contributed by atoms with van der Waals surface area (Å²) in [6.07, 6.45) is 3.01. The van der Waals surface area contributed by atoms with Crippen molar-refractivity contribution in [1.82, 2.24) is 0 Å². The highest BCUT2D eigenvalue weighted by Gasteiger charge is 2.46.